The largest absolute Gasteiger partial charge is 0.469 e. The lowest BCUT2D eigenvalue weighted by Crippen LogP contribution is -2.28. The van der Waals surface area contributed by atoms with Gasteiger partial charge in [0.05, 0.1) is 19.1 Å². The van der Waals surface area contributed by atoms with E-state index in [0.717, 1.165) is 12.0 Å². The van der Waals surface area contributed by atoms with E-state index in [1.165, 1.54) is 7.11 Å². The van der Waals surface area contributed by atoms with Gasteiger partial charge in [0.1, 0.15) is 0 Å². The summed E-state index contributed by atoms with van der Waals surface area (Å²) in [6.07, 6.45) is 1.30. The molecule has 0 aromatic rings. The summed E-state index contributed by atoms with van der Waals surface area (Å²) in [7, 11) is 1.32. The highest BCUT2D eigenvalue weighted by Gasteiger charge is 2.24. The molecule has 0 spiro atoms. The van der Waals surface area contributed by atoms with Crippen molar-refractivity contribution in [1.82, 2.24) is 0 Å². The first-order chi connectivity index (χ1) is 5.87. The van der Waals surface area contributed by atoms with Crippen LogP contribution in [-0.2, 0) is 9.53 Å². The molecule has 1 N–H and O–H groups in total. The van der Waals surface area contributed by atoms with Crippen molar-refractivity contribution in [2.45, 2.75) is 38.7 Å². The highest BCUT2D eigenvalue weighted by Crippen LogP contribution is 2.19. The molecular weight excluding hydrogens is 168 g/mol. The van der Waals surface area contributed by atoms with E-state index < -0.39 is 5.60 Å². The van der Waals surface area contributed by atoms with Crippen molar-refractivity contribution >= 4 is 5.97 Å². The summed E-state index contributed by atoms with van der Waals surface area (Å²) in [4.78, 5) is 10.9. The van der Waals surface area contributed by atoms with E-state index in [9.17, 15) is 9.90 Å². The second kappa shape index (κ2) is 5.02. The second-order valence-electron chi connectivity index (χ2n) is 3.71. The molecule has 1 atom stereocenters. The molecular formula is C10H18O3. The van der Waals surface area contributed by atoms with Gasteiger partial charge in [-0.15, -0.1) is 6.58 Å². The molecule has 0 bridgehead atoms. The first-order valence-corrected chi connectivity index (χ1v) is 4.31. The monoisotopic (exact) mass is 186 g/mol. The number of hydrogen-bond acceptors (Lipinski definition) is 3. The summed E-state index contributed by atoms with van der Waals surface area (Å²) < 4.78 is 4.47. The molecule has 76 valence electrons. The fourth-order valence-electron chi connectivity index (χ4n) is 0.954. The maximum atomic E-state index is 10.9. The van der Waals surface area contributed by atoms with Gasteiger partial charge in [-0.05, 0) is 26.7 Å². The van der Waals surface area contributed by atoms with Gasteiger partial charge in [0.15, 0.2) is 0 Å². The summed E-state index contributed by atoms with van der Waals surface area (Å²) in [6.45, 7) is 7.26. The molecule has 0 rings (SSSR count). The lowest BCUT2D eigenvalue weighted by atomic mass is 9.94. The van der Waals surface area contributed by atoms with Gasteiger partial charge in [-0.25, -0.2) is 0 Å². The van der Waals surface area contributed by atoms with Crippen LogP contribution in [0.25, 0.3) is 0 Å². The van der Waals surface area contributed by atoms with Crippen LogP contribution >= 0.6 is 0 Å². The molecule has 3 heteroatoms. The third-order valence-electron chi connectivity index (χ3n) is 1.84. The number of carbonyl (C=O) groups excluding carboxylic acids is 1. The predicted octanol–water partition coefficient (Wildman–Crippen LogP) is 1.66. The van der Waals surface area contributed by atoms with E-state index >= 15 is 0 Å². The fraction of sp³-hybridized carbons (Fsp3) is 0.700. The number of allylic oxidation sites excluding steroid dienone is 1. The zero-order chi connectivity index (χ0) is 10.5. The van der Waals surface area contributed by atoms with Crippen LogP contribution in [0.5, 0.6) is 0 Å². The van der Waals surface area contributed by atoms with Crippen molar-refractivity contribution in [3.8, 4) is 0 Å². The first-order valence-electron chi connectivity index (χ1n) is 4.31. The summed E-state index contributed by atoms with van der Waals surface area (Å²) in [5, 5.41) is 9.72. The standard InChI is InChI=1S/C10H18O3/c1-8(2)5-6-10(3,12)7-9(11)13-4/h12H,1,5-7H2,2-4H3. The van der Waals surface area contributed by atoms with Crippen LogP contribution in [0.1, 0.15) is 33.1 Å². The maximum absolute atomic E-state index is 10.9. The van der Waals surface area contributed by atoms with Crippen molar-refractivity contribution in [2.24, 2.45) is 0 Å². The van der Waals surface area contributed by atoms with Crippen molar-refractivity contribution in [3.63, 3.8) is 0 Å². The summed E-state index contributed by atoms with van der Waals surface area (Å²) in [5.41, 5.74) is 0.0246. The molecule has 0 saturated carbocycles. The van der Waals surface area contributed by atoms with Gasteiger partial charge in [0, 0.05) is 0 Å². The predicted molar refractivity (Wildman–Crippen MR) is 51.3 cm³/mol. The van der Waals surface area contributed by atoms with Gasteiger partial charge in [0.25, 0.3) is 0 Å². The lowest BCUT2D eigenvalue weighted by Gasteiger charge is -2.21. The molecule has 0 amide bonds. The third-order valence-corrected chi connectivity index (χ3v) is 1.84. The molecule has 0 aliphatic rings. The van der Waals surface area contributed by atoms with E-state index in [1.54, 1.807) is 6.92 Å². The van der Waals surface area contributed by atoms with Crippen molar-refractivity contribution in [3.05, 3.63) is 12.2 Å². The average molecular weight is 186 g/mol. The molecule has 0 saturated heterocycles. The van der Waals surface area contributed by atoms with Gasteiger partial charge in [-0.1, -0.05) is 5.57 Å². The van der Waals surface area contributed by atoms with Gasteiger partial charge in [-0.2, -0.15) is 0 Å². The van der Waals surface area contributed by atoms with Crippen LogP contribution in [0, 0.1) is 0 Å². The Kier molecular flexibility index (Phi) is 4.70. The molecule has 0 aliphatic carbocycles. The van der Waals surface area contributed by atoms with Crippen LogP contribution in [0.4, 0.5) is 0 Å². The fourth-order valence-corrected chi connectivity index (χ4v) is 0.954. The Morgan fingerprint density at radius 3 is 2.54 bits per heavy atom. The molecule has 3 nitrogen and oxygen atoms in total. The topological polar surface area (TPSA) is 46.5 Å². The van der Waals surface area contributed by atoms with Gasteiger partial charge in [-0.3, -0.25) is 4.79 Å². The first kappa shape index (κ1) is 12.2. The average Bonchev–Trinajstić information content (AvgIpc) is 2.00. The minimum absolute atomic E-state index is 0.0385. The summed E-state index contributed by atoms with van der Waals surface area (Å²) >= 11 is 0. The summed E-state index contributed by atoms with van der Waals surface area (Å²) in [5.74, 6) is -0.383. The zero-order valence-electron chi connectivity index (χ0n) is 8.59. The molecule has 0 fully saturated rings. The Morgan fingerprint density at radius 1 is 1.62 bits per heavy atom. The smallest absolute Gasteiger partial charge is 0.308 e. The third kappa shape index (κ3) is 6.34. The van der Waals surface area contributed by atoms with Gasteiger partial charge in [0.2, 0.25) is 0 Å². The minimum atomic E-state index is -0.980. The van der Waals surface area contributed by atoms with Crippen LogP contribution in [0.3, 0.4) is 0 Å². The quantitative estimate of drug-likeness (QED) is 0.524. The Bertz CT molecular complexity index is 194. The number of hydrogen-bond donors (Lipinski definition) is 1. The highest BCUT2D eigenvalue weighted by atomic mass is 16.5. The second-order valence-corrected chi connectivity index (χ2v) is 3.71. The Hall–Kier alpha value is -0.830. The van der Waals surface area contributed by atoms with Crippen LogP contribution < -0.4 is 0 Å². The number of carbonyl (C=O) groups is 1. The molecule has 0 aliphatic heterocycles. The van der Waals surface area contributed by atoms with E-state index in [4.69, 9.17) is 0 Å². The van der Waals surface area contributed by atoms with Gasteiger partial charge >= 0.3 is 5.97 Å². The van der Waals surface area contributed by atoms with Crippen molar-refractivity contribution in [2.75, 3.05) is 7.11 Å². The molecule has 0 heterocycles. The molecule has 13 heavy (non-hydrogen) atoms. The van der Waals surface area contributed by atoms with Gasteiger partial charge < -0.3 is 9.84 Å². The summed E-state index contributed by atoms with van der Waals surface area (Å²) in [6, 6.07) is 0. The van der Waals surface area contributed by atoms with E-state index in [1.807, 2.05) is 6.92 Å². The Morgan fingerprint density at radius 2 is 2.15 bits per heavy atom. The van der Waals surface area contributed by atoms with Crippen molar-refractivity contribution in [1.29, 1.82) is 0 Å². The molecule has 0 aromatic carbocycles. The normalized spacial score (nSPS) is 14.8. The Balaban J connectivity index is 3.92. The molecule has 0 aromatic heterocycles. The molecule has 0 radical (unpaired) electrons. The maximum Gasteiger partial charge on any atom is 0.308 e. The van der Waals surface area contributed by atoms with Crippen LogP contribution in [0.15, 0.2) is 12.2 Å². The SMILES string of the molecule is C=C(C)CCC(C)(O)CC(=O)OC. The van der Waals surface area contributed by atoms with Crippen LogP contribution in [-0.4, -0.2) is 23.8 Å². The number of rotatable bonds is 5. The minimum Gasteiger partial charge on any atom is -0.469 e. The van der Waals surface area contributed by atoms with Crippen molar-refractivity contribution < 1.29 is 14.6 Å². The number of esters is 1. The zero-order valence-corrected chi connectivity index (χ0v) is 8.59. The number of aliphatic hydroxyl groups is 1. The molecule has 1 unspecified atom stereocenters. The van der Waals surface area contributed by atoms with Crippen LogP contribution in [0.2, 0.25) is 0 Å². The number of ether oxygens (including phenoxy) is 1. The van der Waals surface area contributed by atoms with E-state index in [-0.39, 0.29) is 12.4 Å². The number of methoxy groups -OCH3 is 1. The Labute approximate surface area is 79.4 Å². The highest BCUT2D eigenvalue weighted by molar-refractivity contribution is 5.70. The van der Waals surface area contributed by atoms with E-state index in [0.29, 0.717) is 6.42 Å². The van der Waals surface area contributed by atoms with E-state index in [2.05, 4.69) is 11.3 Å². The lowest BCUT2D eigenvalue weighted by molar-refractivity contribution is -0.145.